The zero-order valence-corrected chi connectivity index (χ0v) is 10.2. The molecule has 0 atom stereocenters. The molecule has 18 heavy (non-hydrogen) atoms. The van der Waals surface area contributed by atoms with Gasteiger partial charge < -0.3 is 9.15 Å². The molecule has 0 fully saturated rings. The summed E-state index contributed by atoms with van der Waals surface area (Å²) >= 11 is 0. The summed E-state index contributed by atoms with van der Waals surface area (Å²) in [7, 11) is 1.58. The molecule has 0 aliphatic heterocycles. The summed E-state index contributed by atoms with van der Waals surface area (Å²) in [5, 5.41) is 2.38. The first-order chi connectivity index (χ1) is 8.69. The molecule has 0 unspecified atom stereocenters. The van der Waals surface area contributed by atoms with Crippen molar-refractivity contribution in [2.75, 3.05) is 7.11 Å². The molecule has 0 N–H and O–H groups in total. The highest BCUT2D eigenvalue weighted by molar-refractivity contribution is 6.04. The Morgan fingerprint density at radius 2 is 1.78 bits per heavy atom. The van der Waals surface area contributed by atoms with Crippen LogP contribution in [0, 0.1) is 6.92 Å². The Balaban J connectivity index is 2.51. The van der Waals surface area contributed by atoms with Crippen LogP contribution in [-0.2, 0) is 0 Å². The van der Waals surface area contributed by atoms with E-state index in [-0.39, 0.29) is 5.63 Å². The summed E-state index contributed by atoms with van der Waals surface area (Å²) in [6, 6.07) is 11.3. The van der Waals surface area contributed by atoms with Crippen LogP contribution >= 0.6 is 0 Å². The molecule has 3 rings (SSSR count). The lowest BCUT2D eigenvalue weighted by Crippen LogP contribution is -2.00. The molecule has 90 valence electrons. The van der Waals surface area contributed by atoms with E-state index in [9.17, 15) is 4.79 Å². The molecule has 0 radical (unpaired) electrons. The number of rotatable bonds is 1. The topological polar surface area (TPSA) is 39.4 Å². The van der Waals surface area contributed by atoms with E-state index in [0.717, 1.165) is 16.3 Å². The molecule has 3 nitrogen and oxygen atoms in total. The summed E-state index contributed by atoms with van der Waals surface area (Å²) in [5.41, 5.74) is 1.36. The SMILES string of the molecule is COc1ccc2c(c1)c(=O)oc1cc(C)ccc12. The van der Waals surface area contributed by atoms with Gasteiger partial charge in [0.25, 0.3) is 0 Å². The molecule has 1 aromatic heterocycles. The first kappa shape index (κ1) is 10.8. The third-order valence-corrected chi connectivity index (χ3v) is 3.08. The van der Waals surface area contributed by atoms with Crippen LogP contribution < -0.4 is 10.4 Å². The second-order valence-electron chi connectivity index (χ2n) is 4.30. The van der Waals surface area contributed by atoms with Gasteiger partial charge in [-0.15, -0.1) is 0 Å². The van der Waals surface area contributed by atoms with Crippen LogP contribution in [0.2, 0.25) is 0 Å². The molecule has 0 aliphatic carbocycles. The molecule has 0 saturated carbocycles. The molecular formula is C15H12O3. The van der Waals surface area contributed by atoms with Gasteiger partial charge in [-0.3, -0.25) is 0 Å². The molecule has 0 aliphatic rings. The van der Waals surface area contributed by atoms with Gasteiger partial charge in [0.2, 0.25) is 0 Å². The van der Waals surface area contributed by atoms with E-state index in [4.69, 9.17) is 9.15 Å². The second kappa shape index (κ2) is 3.88. The highest BCUT2D eigenvalue weighted by atomic mass is 16.5. The van der Waals surface area contributed by atoms with Gasteiger partial charge in [0.15, 0.2) is 0 Å². The summed E-state index contributed by atoms with van der Waals surface area (Å²) in [5.74, 6) is 0.654. The van der Waals surface area contributed by atoms with Crippen LogP contribution in [-0.4, -0.2) is 7.11 Å². The van der Waals surface area contributed by atoms with Crippen molar-refractivity contribution in [3.63, 3.8) is 0 Å². The van der Waals surface area contributed by atoms with Gasteiger partial charge in [-0.25, -0.2) is 4.79 Å². The van der Waals surface area contributed by atoms with Crippen molar-refractivity contribution < 1.29 is 9.15 Å². The van der Waals surface area contributed by atoms with Crippen LogP contribution in [0.4, 0.5) is 0 Å². The van der Waals surface area contributed by atoms with E-state index < -0.39 is 0 Å². The van der Waals surface area contributed by atoms with E-state index in [1.165, 1.54) is 0 Å². The first-order valence-corrected chi connectivity index (χ1v) is 5.70. The number of benzene rings is 2. The minimum absolute atomic E-state index is 0.331. The molecule has 2 aromatic carbocycles. The fourth-order valence-electron chi connectivity index (χ4n) is 2.15. The van der Waals surface area contributed by atoms with Gasteiger partial charge in [0, 0.05) is 10.8 Å². The molecule has 0 spiro atoms. The van der Waals surface area contributed by atoms with Crippen molar-refractivity contribution in [2.24, 2.45) is 0 Å². The lowest BCUT2D eigenvalue weighted by molar-refractivity contribution is 0.415. The van der Waals surface area contributed by atoms with Gasteiger partial charge in [-0.2, -0.15) is 0 Å². The summed E-state index contributed by atoms with van der Waals surface area (Å²) < 4.78 is 10.5. The Bertz CT molecular complexity index is 800. The molecule has 0 amide bonds. The second-order valence-corrected chi connectivity index (χ2v) is 4.30. The number of hydrogen-bond acceptors (Lipinski definition) is 3. The summed E-state index contributed by atoms with van der Waals surface area (Å²) in [6.07, 6.45) is 0. The highest BCUT2D eigenvalue weighted by Crippen LogP contribution is 2.26. The maximum atomic E-state index is 11.9. The number of methoxy groups -OCH3 is 1. The lowest BCUT2D eigenvalue weighted by atomic mass is 10.1. The molecular weight excluding hydrogens is 228 g/mol. The number of fused-ring (bicyclic) bond motifs is 3. The van der Waals surface area contributed by atoms with Gasteiger partial charge >= 0.3 is 5.63 Å². The van der Waals surface area contributed by atoms with Gasteiger partial charge in [0.1, 0.15) is 11.3 Å². The van der Waals surface area contributed by atoms with Crippen molar-refractivity contribution >= 4 is 21.7 Å². The van der Waals surface area contributed by atoms with Crippen molar-refractivity contribution in [3.8, 4) is 5.75 Å². The van der Waals surface area contributed by atoms with E-state index in [0.29, 0.717) is 16.7 Å². The summed E-state index contributed by atoms with van der Waals surface area (Å²) in [6.45, 7) is 1.97. The third kappa shape index (κ3) is 1.56. The minimum atomic E-state index is -0.331. The zero-order valence-electron chi connectivity index (χ0n) is 10.2. The van der Waals surface area contributed by atoms with Gasteiger partial charge in [-0.05, 0) is 36.8 Å². The van der Waals surface area contributed by atoms with Crippen molar-refractivity contribution in [1.82, 2.24) is 0 Å². The Morgan fingerprint density at radius 1 is 1.00 bits per heavy atom. The normalized spacial score (nSPS) is 11.0. The number of hydrogen-bond donors (Lipinski definition) is 0. The lowest BCUT2D eigenvalue weighted by Gasteiger charge is -2.05. The van der Waals surface area contributed by atoms with E-state index in [1.807, 2.05) is 37.3 Å². The van der Waals surface area contributed by atoms with Crippen molar-refractivity contribution in [2.45, 2.75) is 6.92 Å². The average molecular weight is 240 g/mol. The van der Waals surface area contributed by atoms with Gasteiger partial charge in [-0.1, -0.05) is 12.1 Å². The molecule has 0 bridgehead atoms. The number of aryl methyl sites for hydroxylation is 1. The minimum Gasteiger partial charge on any atom is -0.497 e. The van der Waals surface area contributed by atoms with Crippen LogP contribution in [0.3, 0.4) is 0 Å². The fraction of sp³-hybridized carbons (Fsp3) is 0.133. The fourth-order valence-corrected chi connectivity index (χ4v) is 2.15. The molecule has 1 heterocycles. The molecule has 3 heteroatoms. The van der Waals surface area contributed by atoms with E-state index in [2.05, 4.69) is 0 Å². The Morgan fingerprint density at radius 3 is 2.56 bits per heavy atom. The Hall–Kier alpha value is -2.29. The van der Waals surface area contributed by atoms with Crippen molar-refractivity contribution in [3.05, 3.63) is 52.4 Å². The highest BCUT2D eigenvalue weighted by Gasteiger charge is 2.08. The van der Waals surface area contributed by atoms with Crippen molar-refractivity contribution in [1.29, 1.82) is 0 Å². The van der Waals surface area contributed by atoms with E-state index >= 15 is 0 Å². The van der Waals surface area contributed by atoms with Crippen LogP contribution in [0.15, 0.2) is 45.6 Å². The monoisotopic (exact) mass is 240 g/mol. The quantitative estimate of drug-likeness (QED) is 0.484. The smallest absolute Gasteiger partial charge is 0.344 e. The van der Waals surface area contributed by atoms with Crippen LogP contribution in [0.25, 0.3) is 21.7 Å². The maximum Gasteiger partial charge on any atom is 0.344 e. The first-order valence-electron chi connectivity index (χ1n) is 5.70. The molecule has 3 aromatic rings. The largest absolute Gasteiger partial charge is 0.497 e. The van der Waals surface area contributed by atoms with Gasteiger partial charge in [0.05, 0.1) is 12.5 Å². The predicted molar refractivity (Wildman–Crippen MR) is 71.3 cm³/mol. The number of ether oxygens (including phenoxy) is 1. The Labute approximate surface area is 104 Å². The zero-order chi connectivity index (χ0) is 12.7. The van der Waals surface area contributed by atoms with E-state index in [1.54, 1.807) is 13.2 Å². The summed E-state index contributed by atoms with van der Waals surface area (Å²) in [4.78, 5) is 11.9. The standard InChI is InChI=1S/C15H12O3/c1-9-3-5-12-11-6-4-10(17-2)8-13(11)15(16)18-14(12)7-9/h3-8H,1-2H3. The Kier molecular flexibility index (Phi) is 2.33. The third-order valence-electron chi connectivity index (χ3n) is 3.08. The molecule has 0 saturated heterocycles. The predicted octanol–water partition coefficient (Wildman–Crippen LogP) is 3.26. The maximum absolute atomic E-state index is 11.9. The van der Waals surface area contributed by atoms with Crippen LogP contribution in [0.1, 0.15) is 5.56 Å². The average Bonchev–Trinajstić information content (AvgIpc) is 2.38. The van der Waals surface area contributed by atoms with Crippen LogP contribution in [0.5, 0.6) is 5.75 Å².